The number of rotatable bonds is 11. The highest BCUT2D eigenvalue weighted by Gasteiger charge is 2.42. The summed E-state index contributed by atoms with van der Waals surface area (Å²) in [6, 6.07) is 15.0. The van der Waals surface area contributed by atoms with E-state index in [1.165, 1.54) is 6.20 Å². The summed E-state index contributed by atoms with van der Waals surface area (Å²) in [6.07, 6.45) is 3.57. The maximum absolute atomic E-state index is 15.4. The lowest BCUT2D eigenvalue weighted by Gasteiger charge is -2.35. The van der Waals surface area contributed by atoms with Crippen LogP contribution in [0.15, 0.2) is 66.3 Å². The van der Waals surface area contributed by atoms with Crippen molar-refractivity contribution in [2.75, 3.05) is 37.7 Å². The number of thiazole rings is 1. The number of nitrogens with one attached hydrogen (secondary N) is 2. The van der Waals surface area contributed by atoms with Crippen LogP contribution in [0.25, 0.3) is 32.5 Å². The molecule has 15 nitrogen and oxygen atoms in total. The third kappa shape index (κ3) is 9.70. The van der Waals surface area contributed by atoms with Crippen LogP contribution in [0.4, 0.5) is 20.3 Å². The first-order valence-corrected chi connectivity index (χ1v) is 25.8. The van der Waals surface area contributed by atoms with Crippen LogP contribution >= 0.6 is 11.3 Å². The Morgan fingerprint density at radius 3 is 2.42 bits per heavy atom. The van der Waals surface area contributed by atoms with Gasteiger partial charge in [0.1, 0.15) is 12.1 Å². The van der Waals surface area contributed by atoms with Gasteiger partial charge in [-0.05, 0) is 96.9 Å². The molecule has 2 N–H and O–H groups in total. The van der Waals surface area contributed by atoms with Gasteiger partial charge in [0.25, 0.3) is 12.3 Å². The highest BCUT2D eigenvalue weighted by Crippen LogP contribution is 2.44. The first kappa shape index (κ1) is 48.9. The largest absolute Gasteiger partial charge is 0.381 e. The molecule has 18 heteroatoms. The Labute approximate surface area is 421 Å². The van der Waals surface area contributed by atoms with Gasteiger partial charge in [-0.15, -0.1) is 11.3 Å². The predicted molar refractivity (Wildman–Crippen MR) is 271 cm³/mol. The molecule has 0 saturated carbocycles. The van der Waals surface area contributed by atoms with E-state index in [1.807, 2.05) is 68.4 Å². The lowest BCUT2D eigenvalue weighted by Crippen LogP contribution is -2.57. The Balaban J connectivity index is 0.878. The van der Waals surface area contributed by atoms with Crippen molar-refractivity contribution in [1.82, 2.24) is 45.2 Å². The van der Waals surface area contributed by atoms with Crippen LogP contribution < -0.4 is 15.5 Å². The minimum absolute atomic E-state index is 0.0159. The molecule has 2 atom stereocenters. The number of aryl methyl sites for hydroxylation is 2. The van der Waals surface area contributed by atoms with E-state index in [-0.39, 0.29) is 35.2 Å². The molecule has 3 aromatic carbocycles. The third-order valence-electron chi connectivity index (χ3n) is 14.7. The first-order valence-electron chi connectivity index (χ1n) is 24.9. The number of carbonyl (C=O) groups excluding carboxylic acids is 4. The van der Waals surface area contributed by atoms with Crippen molar-refractivity contribution < 1.29 is 32.7 Å². The SMILES string of the molecule is CC(=O)N1CCc2c(c(N3CCCc4cc(-c5ccc6cnc(C(=O)NC(C(=O)N7CCCC7C(=O)NCc7ccc(-c8scnc8C)cc7)C(C)(C)C)nc6c5)c(C(F)F)cc43)nn2C2CCOCC2)C1. The van der Waals surface area contributed by atoms with E-state index < -0.39 is 29.8 Å². The van der Waals surface area contributed by atoms with Gasteiger partial charge in [-0.25, -0.2) is 23.7 Å². The van der Waals surface area contributed by atoms with Crippen molar-refractivity contribution in [3.8, 4) is 21.6 Å². The van der Waals surface area contributed by atoms with Crippen molar-refractivity contribution in [3.63, 3.8) is 0 Å². The number of nitrogens with zero attached hydrogens (tertiary/aromatic N) is 8. The summed E-state index contributed by atoms with van der Waals surface area (Å²) in [5.41, 5.74) is 8.73. The number of fused-ring (bicyclic) bond motifs is 3. The molecule has 2 saturated heterocycles. The zero-order chi connectivity index (χ0) is 50.4. The second-order valence-corrected chi connectivity index (χ2v) is 21.3. The van der Waals surface area contributed by atoms with Gasteiger partial charge in [-0.1, -0.05) is 57.2 Å². The van der Waals surface area contributed by atoms with Gasteiger partial charge in [0.2, 0.25) is 23.5 Å². The van der Waals surface area contributed by atoms with E-state index in [9.17, 15) is 19.2 Å². The topological polar surface area (TPSA) is 168 Å². The number of ether oxygens (including phenoxy) is 1. The molecule has 4 aliphatic rings. The highest BCUT2D eigenvalue weighted by atomic mass is 32.1. The number of benzene rings is 3. The molecule has 10 rings (SSSR count). The standard InChI is InChI=1S/C54H60F2N10O5S/c1-31-46(72-30-59-31)34-12-10-33(11-13-34)27-58-51(68)44-9-7-20-65(44)53(70)47(54(3,4)5)61-52(69)49-57-28-37-15-14-35(25-42(37)60-49)39-24-36-8-6-19-64(45(36)26-40(39)48(55)56)50-41-29-63(32(2)67)21-16-43(41)66(62-50)38-17-22-71-23-18-38/h10-15,24-26,28,30,38,44,47-48H,6-9,16-23,27,29H2,1-5H3,(H,58,68)(H,61,69). The summed E-state index contributed by atoms with van der Waals surface area (Å²) in [5, 5.41) is 11.7. The van der Waals surface area contributed by atoms with Gasteiger partial charge < -0.3 is 30.1 Å². The minimum atomic E-state index is -2.82. The molecule has 0 spiro atoms. The van der Waals surface area contributed by atoms with Gasteiger partial charge in [0, 0.05) is 86.8 Å². The van der Waals surface area contributed by atoms with Gasteiger partial charge >= 0.3 is 0 Å². The Hall–Kier alpha value is -6.66. The number of alkyl halides is 2. The number of amides is 4. The van der Waals surface area contributed by atoms with E-state index in [2.05, 4.69) is 35.2 Å². The molecule has 3 aromatic heterocycles. The van der Waals surface area contributed by atoms with Crippen LogP contribution in [-0.4, -0.2) is 103 Å². The molecular weight excluding hydrogens is 939 g/mol. The zero-order valence-corrected chi connectivity index (χ0v) is 42.2. The molecule has 0 bridgehead atoms. The van der Waals surface area contributed by atoms with Crippen LogP contribution in [0.5, 0.6) is 0 Å². The van der Waals surface area contributed by atoms with E-state index in [0.29, 0.717) is 105 Å². The van der Waals surface area contributed by atoms with Crippen molar-refractivity contribution in [1.29, 1.82) is 0 Å². The van der Waals surface area contributed by atoms with Gasteiger partial charge in [-0.2, -0.15) is 5.10 Å². The normalized spacial score (nSPS) is 17.8. The number of likely N-dealkylation sites (tertiary alicyclic amines) is 1. The Morgan fingerprint density at radius 1 is 0.917 bits per heavy atom. The van der Waals surface area contributed by atoms with Gasteiger partial charge in [0.05, 0.1) is 34.2 Å². The van der Waals surface area contributed by atoms with Gasteiger partial charge in [-0.3, -0.25) is 23.9 Å². The van der Waals surface area contributed by atoms with Crippen molar-refractivity contribution >= 4 is 57.4 Å². The quantitative estimate of drug-likeness (QED) is 0.128. The molecule has 0 radical (unpaired) electrons. The summed E-state index contributed by atoms with van der Waals surface area (Å²) in [5.74, 6) is -0.809. The second kappa shape index (κ2) is 20.1. The summed E-state index contributed by atoms with van der Waals surface area (Å²) in [7, 11) is 0. The lowest BCUT2D eigenvalue weighted by molar-refractivity contribution is -0.141. The Morgan fingerprint density at radius 2 is 1.69 bits per heavy atom. The first-order chi connectivity index (χ1) is 34.6. The minimum Gasteiger partial charge on any atom is -0.381 e. The molecule has 4 amide bonds. The van der Waals surface area contributed by atoms with Crippen molar-refractivity contribution in [2.45, 2.75) is 117 Å². The third-order valence-corrected chi connectivity index (χ3v) is 15.6. The van der Waals surface area contributed by atoms with Crippen LogP contribution in [0.3, 0.4) is 0 Å². The Kier molecular flexibility index (Phi) is 13.7. The van der Waals surface area contributed by atoms with E-state index in [0.717, 1.165) is 57.8 Å². The maximum atomic E-state index is 15.4. The predicted octanol–water partition coefficient (Wildman–Crippen LogP) is 8.66. The van der Waals surface area contributed by atoms with Crippen LogP contribution in [0.1, 0.15) is 117 Å². The monoisotopic (exact) mass is 998 g/mol. The number of hydrogen-bond acceptors (Lipinski definition) is 11. The summed E-state index contributed by atoms with van der Waals surface area (Å²) in [6.45, 7) is 12.6. The fraction of sp³-hybridized carbons (Fsp3) is 0.444. The fourth-order valence-electron chi connectivity index (χ4n) is 10.7. The smallest absolute Gasteiger partial charge is 0.289 e. The van der Waals surface area contributed by atoms with E-state index >= 15 is 8.78 Å². The maximum Gasteiger partial charge on any atom is 0.289 e. The summed E-state index contributed by atoms with van der Waals surface area (Å²) in [4.78, 5) is 74.6. The zero-order valence-electron chi connectivity index (χ0n) is 41.3. The lowest BCUT2D eigenvalue weighted by atomic mass is 9.85. The number of anilines is 2. The van der Waals surface area contributed by atoms with Crippen LogP contribution in [-0.2, 0) is 45.1 Å². The molecule has 2 fully saturated rings. The molecule has 6 aromatic rings. The fourth-order valence-corrected chi connectivity index (χ4v) is 11.5. The average molecular weight is 999 g/mol. The van der Waals surface area contributed by atoms with E-state index in [4.69, 9.17) is 9.84 Å². The summed E-state index contributed by atoms with van der Waals surface area (Å²) < 4.78 is 38.5. The summed E-state index contributed by atoms with van der Waals surface area (Å²) >= 11 is 1.58. The molecule has 0 aliphatic carbocycles. The highest BCUT2D eigenvalue weighted by molar-refractivity contribution is 7.13. The van der Waals surface area contributed by atoms with Crippen molar-refractivity contribution in [3.05, 3.63) is 106 Å². The molecule has 7 heterocycles. The average Bonchev–Trinajstić information content (AvgIpc) is 4.15. The number of hydrogen-bond donors (Lipinski definition) is 2. The number of carbonyl (C=O) groups is 4. The van der Waals surface area contributed by atoms with Gasteiger partial charge in [0.15, 0.2) is 5.82 Å². The number of aromatic nitrogens is 5. The second-order valence-electron chi connectivity index (χ2n) is 20.5. The molecule has 2 unspecified atom stereocenters. The molecule has 376 valence electrons. The molecule has 72 heavy (non-hydrogen) atoms. The van der Waals surface area contributed by atoms with Crippen molar-refractivity contribution in [2.24, 2.45) is 5.41 Å². The van der Waals surface area contributed by atoms with Crippen LogP contribution in [0.2, 0.25) is 0 Å². The molecular formula is C54H60F2N10O5S. The van der Waals surface area contributed by atoms with Crippen LogP contribution in [0, 0.1) is 12.3 Å². The number of halogens is 2. The Bertz CT molecular complexity index is 3050. The van der Waals surface area contributed by atoms with E-state index in [1.54, 1.807) is 47.4 Å². The molecule has 4 aliphatic heterocycles.